The first-order valence-electron chi connectivity index (χ1n) is 16.8. The third kappa shape index (κ3) is 7.28. The number of methoxy groups -OCH3 is 1. The number of alkyl halides is 1. The van der Waals surface area contributed by atoms with Crippen LogP contribution in [-0.4, -0.2) is 60.1 Å². The Hall–Kier alpha value is -2.44. The van der Waals surface area contributed by atoms with Crippen LogP contribution in [0.4, 0.5) is 4.39 Å². The van der Waals surface area contributed by atoms with Crippen LogP contribution in [0.3, 0.4) is 0 Å². The van der Waals surface area contributed by atoms with E-state index >= 15 is 4.39 Å². The molecule has 0 bridgehead atoms. The van der Waals surface area contributed by atoms with Crippen LogP contribution >= 0.6 is 0 Å². The fourth-order valence-electron chi connectivity index (χ4n) is 8.91. The van der Waals surface area contributed by atoms with Crippen LogP contribution in [0.1, 0.15) is 93.7 Å². The van der Waals surface area contributed by atoms with Gasteiger partial charge in [-0.2, -0.15) is 0 Å². The zero-order valence-corrected chi connectivity index (χ0v) is 26.2. The average molecular weight is 594 g/mol. The number of aliphatic hydroxyl groups excluding tert-OH is 1. The van der Waals surface area contributed by atoms with E-state index in [-0.39, 0.29) is 28.9 Å². The Morgan fingerprint density at radius 3 is 2.63 bits per heavy atom. The van der Waals surface area contributed by atoms with E-state index < -0.39 is 12.3 Å². The number of hydrogen-bond donors (Lipinski definition) is 2. The zero-order valence-electron chi connectivity index (χ0n) is 26.2. The summed E-state index contributed by atoms with van der Waals surface area (Å²) >= 11 is 0. The Morgan fingerprint density at radius 2 is 1.84 bits per heavy atom. The van der Waals surface area contributed by atoms with Gasteiger partial charge in [0.05, 0.1) is 12.7 Å². The highest BCUT2D eigenvalue weighted by atomic mass is 19.1. The molecule has 6 heteroatoms. The summed E-state index contributed by atoms with van der Waals surface area (Å²) in [4.78, 5) is 15.0. The van der Waals surface area contributed by atoms with E-state index in [9.17, 15) is 15.0 Å². The largest absolute Gasteiger partial charge is 0.508 e. The maximum absolute atomic E-state index is 16.0. The third-order valence-corrected chi connectivity index (χ3v) is 11.1. The molecule has 236 valence electrons. The predicted octanol–water partition coefficient (Wildman–Crippen LogP) is 7.23. The van der Waals surface area contributed by atoms with Crippen LogP contribution in [0, 0.1) is 23.2 Å². The van der Waals surface area contributed by atoms with Crippen LogP contribution in [0.15, 0.2) is 48.5 Å². The number of carbonyl (C=O) groups excluding carboxylic acids is 1. The highest BCUT2D eigenvalue weighted by Crippen LogP contribution is 2.63. The quantitative estimate of drug-likeness (QED) is 0.227. The second kappa shape index (κ2) is 14.6. The lowest BCUT2D eigenvalue weighted by Gasteiger charge is -2.54. The fourth-order valence-corrected chi connectivity index (χ4v) is 8.91. The normalized spacial score (nSPS) is 29.5. The molecule has 3 aliphatic carbocycles. The smallest absolute Gasteiger partial charge is 0.222 e. The maximum atomic E-state index is 16.0. The molecule has 2 N–H and O–H groups in total. The van der Waals surface area contributed by atoms with Crippen molar-refractivity contribution >= 4 is 5.91 Å². The van der Waals surface area contributed by atoms with Crippen molar-refractivity contribution in [3.8, 4) is 5.75 Å². The Morgan fingerprint density at radius 1 is 1.05 bits per heavy atom. The maximum Gasteiger partial charge on any atom is 0.222 e. The molecular weight excluding hydrogens is 541 g/mol. The summed E-state index contributed by atoms with van der Waals surface area (Å²) < 4.78 is 21.3. The van der Waals surface area contributed by atoms with Crippen molar-refractivity contribution < 1.29 is 24.1 Å². The van der Waals surface area contributed by atoms with Gasteiger partial charge >= 0.3 is 0 Å². The lowest BCUT2D eigenvalue weighted by molar-refractivity contribution is -0.132. The van der Waals surface area contributed by atoms with Gasteiger partial charge in [-0.15, -0.1) is 0 Å². The molecule has 0 saturated heterocycles. The Labute approximate surface area is 257 Å². The molecule has 0 spiro atoms. The number of halogens is 1. The SMILES string of the molecule is COCCN(CCCCCC[C@@H]1Cc2cc(O)ccc2C2C1C1CC[C@H](O)[C@@]1(C)C[C@@H]2F)C(=O)CCCc1ccccc1. The summed E-state index contributed by atoms with van der Waals surface area (Å²) in [6, 6.07) is 15.9. The van der Waals surface area contributed by atoms with E-state index in [1.807, 2.05) is 35.2 Å². The predicted molar refractivity (Wildman–Crippen MR) is 169 cm³/mol. The first-order chi connectivity index (χ1) is 20.8. The number of unbranched alkanes of at least 4 members (excludes halogenated alkanes) is 3. The molecule has 0 radical (unpaired) electrons. The van der Waals surface area contributed by atoms with Crippen molar-refractivity contribution in [1.29, 1.82) is 0 Å². The second-order valence-corrected chi connectivity index (χ2v) is 13.8. The Kier molecular flexibility index (Phi) is 10.8. The topological polar surface area (TPSA) is 70.0 Å². The fraction of sp³-hybridized carbons (Fsp3) is 0.649. The summed E-state index contributed by atoms with van der Waals surface area (Å²) in [5, 5.41) is 21.1. The molecule has 0 aromatic heterocycles. The van der Waals surface area contributed by atoms with Gasteiger partial charge in [0, 0.05) is 32.5 Å². The second-order valence-electron chi connectivity index (χ2n) is 13.8. The van der Waals surface area contributed by atoms with E-state index in [0.717, 1.165) is 81.9 Å². The molecule has 5 nitrogen and oxygen atoms in total. The first-order valence-corrected chi connectivity index (χ1v) is 16.8. The summed E-state index contributed by atoms with van der Waals surface area (Å²) in [5.74, 6) is 1.27. The van der Waals surface area contributed by atoms with E-state index in [4.69, 9.17) is 4.74 Å². The zero-order chi connectivity index (χ0) is 30.4. The number of ether oxygens (including phenoxy) is 1. The van der Waals surface area contributed by atoms with Crippen LogP contribution in [0.5, 0.6) is 5.75 Å². The van der Waals surface area contributed by atoms with Crippen LogP contribution in [0.25, 0.3) is 0 Å². The first kappa shape index (κ1) is 32.0. The number of aryl methyl sites for hydroxylation is 1. The van der Waals surface area contributed by atoms with Gasteiger partial charge in [-0.05, 0) is 103 Å². The summed E-state index contributed by atoms with van der Waals surface area (Å²) in [7, 11) is 1.68. The summed E-state index contributed by atoms with van der Waals surface area (Å²) in [5.41, 5.74) is 3.12. The monoisotopic (exact) mass is 593 g/mol. The molecular formula is C37H52FNO4. The highest BCUT2D eigenvalue weighted by Gasteiger charge is 2.59. The van der Waals surface area contributed by atoms with Crippen LogP contribution in [0.2, 0.25) is 0 Å². The molecule has 2 fully saturated rings. The number of benzene rings is 2. The van der Waals surface area contributed by atoms with Gasteiger partial charge < -0.3 is 19.8 Å². The molecule has 3 unspecified atom stereocenters. The number of aliphatic hydroxyl groups is 1. The lowest BCUT2D eigenvalue weighted by atomic mass is 9.51. The lowest BCUT2D eigenvalue weighted by Crippen LogP contribution is -2.51. The number of phenolic OH excluding ortho intramolecular Hbond substituents is 1. The molecule has 2 aromatic carbocycles. The number of rotatable bonds is 14. The molecule has 3 aliphatic rings. The molecule has 43 heavy (non-hydrogen) atoms. The minimum absolute atomic E-state index is 0.139. The number of carbonyl (C=O) groups is 1. The van der Waals surface area contributed by atoms with Crippen molar-refractivity contribution in [3.05, 3.63) is 65.2 Å². The van der Waals surface area contributed by atoms with E-state index in [1.54, 1.807) is 13.2 Å². The standard InChI is InChI=1S/C37H52FNO4/c1-37-25-32(38)36-30-17-16-29(40)24-28(30)23-27(35(36)31(37)18-19-33(37)41)14-8-3-4-9-20-39(21-22-43-2)34(42)15-10-13-26-11-6-5-7-12-26/h5-7,11-12,16-17,24,27,31-33,35-36,40-41H,3-4,8-10,13-15,18-23,25H2,1-2H3/t27-,31?,32+,33+,35?,36?,37+/m1/s1. The number of aromatic hydroxyl groups is 1. The van der Waals surface area contributed by atoms with E-state index in [0.29, 0.717) is 37.8 Å². The summed E-state index contributed by atoms with van der Waals surface area (Å²) in [6.45, 7) is 4.07. The van der Waals surface area contributed by atoms with Crippen LogP contribution in [-0.2, 0) is 22.4 Å². The number of amides is 1. The molecule has 0 heterocycles. The van der Waals surface area contributed by atoms with Gasteiger partial charge in [0.15, 0.2) is 0 Å². The molecule has 2 aromatic rings. The Bertz CT molecular complexity index is 1190. The number of fused-ring (bicyclic) bond motifs is 5. The van der Waals surface area contributed by atoms with Crippen molar-refractivity contribution in [1.82, 2.24) is 4.90 Å². The third-order valence-electron chi connectivity index (χ3n) is 11.1. The van der Waals surface area contributed by atoms with Crippen molar-refractivity contribution in [2.45, 2.75) is 102 Å². The van der Waals surface area contributed by atoms with Crippen LogP contribution < -0.4 is 0 Å². The van der Waals surface area contributed by atoms with Gasteiger partial charge in [0.25, 0.3) is 0 Å². The van der Waals surface area contributed by atoms with Gasteiger partial charge in [0.1, 0.15) is 11.9 Å². The number of hydrogen-bond acceptors (Lipinski definition) is 4. The van der Waals surface area contributed by atoms with Crippen molar-refractivity contribution in [2.24, 2.45) is 23.2 Å². The molecule has 0 aliphatic heterocycles. The van der Waals surface area contributed by atoms with Gasteiger partial charge in [-0.3, -0.25) is 4.79 Å². The van der Waals surface area contributed by atoms with Gasteiger partial charge in [-0.1, -0.05) is 62.6 Å². The summed E-state index contributed by atoms with van der Waals surface area (Å²) in [6.07, 6.45) is 9.25. The van der Waals surface area contributed by atoms with E-state index in [1.165, 1.54) is 5.56 Å². The molecule has 2 saturated carbocycles. The molecule has 7 atom stereocenters. The number of nitrogens with zero attached hydrogens (tertiary/aromatic N) is 1. The average Bonchev–Trinajstić information content (AvgIpc) is 3.29. The van der Waals surface area contributed by atoms with E-state index in [2.05, 4.69) is 19.1 Å². The minimum Gasteiger partial charge on any atom is -0.508 e. The van der Waals surface area contributed by atoms with Gasteiger partial charge in [0.2, 0.25) is 5.91 Å². The molecule has 5 rings (SSSR count). The van der Waals surface area contributed by atoms with Gasteiger partial charge in [-0.25, -0.2) is 4.39 Å². The van der Waals surface area contributed by atoms with Crippen molar-refractivity contribution in [3.63, 3.8) is 0 Å². The Balaban J connectivity index is 1.13. The number of phenols is 1. The highest BCUT2D eigenvalue weighted by molar-refractivity contribution is 5.76. The molecule has 1 amide bonds. The minimum atomic E-state index is -0.964. The van der Waals surface area contributed by atoms with Crippen molar-refractivity contribution in [2.75, 3.05) is 26.8 Å².